The molecular weight excluding hydrogens is 349 g/mol. The molecule has 0 bridgehead atoms. The Morgan fingerprint density at radius 3 is 2.62 bits per heavy atom. The second kappa shape index (κ2) is 6.32. The minimum absolute atomic E-state index is 0.0843. The number of fused-ring (bicyclic) bond motifs is 1. The largest absolute Gasteiger partial charge is 0.573 e. The highest BCUT2D eigenvalue weighted by molar-refractivity contribution is 6.13. The highest BCUT2D eigenvalue weighted by Crippen LogP contribution is 2.31. The quantitative estimate of drug-likeness (QED) is 0.769. The first-order chi connectivity index (χ1) is 12.2. The number of halogens is 3. The molecule has 6 nitrogen and oxygen atoms in total. The van der Waals surface area contributed by atoms with Crippen molar-refractivity contribution >= 4 is 22.6 Å². The van der Waals surface area contributed by atoms with Crippen molar-refractivity contribution < 1.29 is 22.7 Å². The summed E-state index contributed by atoms with van der Waals surface area (Å²) in [6, 6.07) is 6.92. The van der Waals surface area contributed by atoms with Gasteiger partial charge in [0.15, 0.2) is 11.4 Å². The third-order valence-electron chi connectivity index (χ3n) is 3.70. The number of pyridine rings is 1. The Morgan fingerprint density at radius 1 is 1.23 bits per heavy atom. The molecule has 3 aromatic rings. The number of para-hydroxylation sites is 2. The van der Waals surface area contributed by atoms with Crippen molar-refractivity contribution in [2.24, 2.45) is 7.05 Å². The van der Waals surface area contributed by atoms with Gasteiger partial charge in [-0.05, 0) is 32.0 Å². The van der Waals surface area contributed by atoms with Crippen LogP contribution in [0.25, 0.3) is 11.0 Å². The van der Waals surface area contributed by atoms with Crippen LogP contribution in [0.3, 0.4) is 0 Å². The minimum Gasteiger partial charge on any atom is -0.404 e. The summed E-state index contributed by atoms with van der Waals surface area (Å²) in [5, 5.41) is 7.27. The van der Waals surface area contributed by atoms with Gasteiger partial charge in [-0.1, -0.05) is 12.1 Å². The smallest absolute Gasteiger partial charge is 0.404 e. The van der Waals surface area contributed by atoms with E-state index in [1.165, 1.54) is 18.2 Å². The van der Waals surface area contributed by atoms with Crippen molar-refractivity contribution in [2.45, 2.75) is 20.2 Å². The predicted molar refractivity (Wildman–Crippen MR) is 89.1 cm³/mol. The van der Waals surface area contributed by atoms with Crippen molar-refractivity contribution in [2.75, 3.05) is 5.32 Å². The average Bonchev–Trinajstić information content (AvgIpc) is 2.81. The predicted octanol–water partition coefficient (Wildman–Crippen LogP) is 3.74. The van der Waals surface area contributed by atoms with Gasteiger partial charge in [-0.25, -0.2) is 4.98 Å². The zero-order valence-electron chi connectivity index (χ0n) is 14.2. The molecule has 0 aliphatic rings. The number of amides is 1. The number of alkyl halides is 3. The van der Waals surface area contributed by atoms with E-state index in [9.17, 15) is 18.0 Å². The van der Waals surface area contributed by atoms with Crippen LogP contribution in [0, 0.1) is 13.8 Å². The number of rotatable bonds is 3. The van der Waals surface area contributed by atoms with Crippen LogP contribution in [-0.4, -0.2) is 27.0 Å². The third-order valence-corrected chi connectivity index (χ3v) is 3.70. The Kier molecular flexibility index (Phi) is 4.31. The van der Waals surface area contributed by atoms with E-state index in [0.717, 1.165) is 6.07 Å². The molecule has 1 aromatic carbocycles. The number of benzene rings is 1. The summed E-state index contributed by atoms with van der Waals surface area (Å²) in [6.07, 6.45) is -4.86. The van der Waals surface area contributed by atoms with Gasteiger partial charge in [-0.3, -0.25) is 9.48 Å². The van der Waals surface area contributed by atoms with Crippen molar-refractivity contribution in [3.8, 4) is 5.75 Å². The summed E-state index contributed by atoms with van der Waals surface area (Å²) in [5.41, 5.74) is 1.90. The van der Waals surface area contributed by atoms with Crippen LogP contribution in [-0.2, 0) is 7.05 Å². The molecule has 0 aliphatic carbocycles. The van der Waals surface area contributed by atoms with Gasteiger partial charge >= 0.3 is 6.36 Å². The third kappa shape index (κ3) is 3.46. The van der Waals surface area contributed by atoms with Crippen LogP contribution in [0.4, 0.5) is 18.9 Å². The number of aromatic nitrogens is 3. The number of ether oxygens (including phenoxy) is 1. The summed E-state index contributed by atoms with van der Waals surface area (Å²) in [5.74, 6) is -1.06. The number of anilines is 1. The highest BCUT2D eigenvalue weighted by atomic mass is 19.4. The number of carbonyl (C=O) groups excluding carboxylic acids is 1. The zero-order valence-corrected chi connectivity index (χ0v) is 14.2. The van der Waals surface area contributed by atoms with Gasteiger partial charge in [-0.2, -0.15) is 5.10 Å². The van der Waals surface area contributed by atoms with Gasteiger partial charge in [-0.15, -0.1) is 13.2 Å². The van der Waals surface area contributed by atoms with Crippen molar-refractivity contribution in [3.63, 3.8) is 0 Å². The number of nitrogens with one attached hydrogen (secondary N) is 1. The maximum absolute atomic E-state index is 12.7. The van der Waals surface area contributed by atoms with Gasteiger partial charge in [0.25, 0.3) is 5.91 Å². The fourth-order valence-electron chi connectivity index (χ4n) is 2.72. The fourth-order valence-corrected chi connectivity index (χ4v) is 2.72. The van der Waals surface area contributed by atoms with Gasteiger partial charge in [0, 0.05) is 12.7 Å². The van der Waals surface area contributed by atoms with Crippen molar-refractivity contribution in [1.82, 2.24) is 14.8 Å². The van der Waals surface area contributed by atoms with E-state index < -0.39 is 18.0 Å². The maximum Gasteiger partial charge on any atom is 0.573 e. The summed E-state index contributed by atoms with van der Waals surface area (Å²) in [6.45, 7) is 3.45. The number of aryl methyl sites for hydroxylation is 3. The molecule has 136 valence electrons. The number of carbonyl (C=O) groups is 1. The van der Waals surface area contributed by atoms with E-state index in [-0.39, 0.29) is 11.3 Å². The number of nitrogens with zero attached hydrogens (tertiary/aromatic N) is 3. The summed E-state index contributed by atoms with van der Waals surface area (Å²) >= 11 is 0. The first-order valence-corrected chi connectivity index (χ1v) is 7.63. The first-order valence-electron chi connectivity index (χ1n) is 7.63. The highest BCUT2D eigenvalue weighted by Gasteiger charge is 2.32. The molecule has 9 heteroatoms. The molecule has 0 atom stereocenters. The summed E-state index contributed by atoms with van der Waals surface area (Å²) < 4.78 is 43.1. The molecule has 2 aromatic heterocycles. The second-order valence-corrected chi connectivity index (χ2v) is 5.72. The first kappa shape index (κ1) is 17.7. The maximum atomic E-state index is 12.7. The van der Waals surface area contributed by atoms with Gasteiger partial charge < -0.3 is 10.1 Å². The molecule has 0 spiro atoms. The minimum atomic E-state index is -4.86. The molecule has 0 saturated heterocycles. The van der Waals surface area contributed by atoms with Crippen LogP contribution < -0.4 is 10.1 Å². The summed E-state index contributed by atoms with van der Waals surface area (Å²) in [7, 11) is 1.70. The molecule has 3 rings (SSSR count). The molecule has 1 N–H and O–H groups in total. The molecule has 0 fully saturated rings. The van der Waals surface area contributed by atoms with Gasteiger partial charge in [0.05, 0.1) is 22.3 Å². The van der Waals surface area contributed by atoms with E-state index in [1.54, 1.807) is 31.6 Å². The van der Waals surface area contributed by atoms with Crippen molar-refractivity contribution in [3.05, 3.63) is 47.3 Å². The second-order valence-electron chi connectivity index (χ2n) is 5.72. The Labute approximate surface area is 146 Å². The van der Waals surface area contributed by atoms with Crippen LogP contribution >= 0.6 is 0 Å². The van der Waals surface area contributed by atoms with E-state index in [1.807, 2.05) is 0 Å². The molecule has 0 unspecified atom stereocenters. The standard InChI is InChI=1S/C17H15F3N4O2/c1-9-8-11(14-10(2)23-24(3)15(14)21-9)16(25)22-12-6-4-5-7-13(12)26-17(18,19)20/h4-8H,1-3H3,(H,22,25). The lowest BCUT2D eigenvalue weighted by Gasteiger charge is -2.14. The topological polar surface area (TPSA) is 69.0 Å². The van der Waals surface area contributed by atoms with Crippen LogP contribution in [0.15, 0.2) is 30.3 Å². The number of hydrogen-bond acceptors (Lipinski definition) is 4. The number of hydrogen-bond donors (Lipinski definition) is 1. The van der Waals surface area contributed by atoms with Crippen LogP contribution in [0.1, 0.15) is 21.7 Å². The van der Waals surface area contributed by atoms with Crippen LogP contribution in [0.2, 0.25) is 0 Å². The van der Waals surface area contributed by atoms with E-state index >= 15 is 0 Å². The lowest BCUT2D eigenvalue weighted by Crippen LogP contribution is -2.20. The van der Waals surface area contributed by atoms with E-state index in [0.29, 0.717) is 22.4 Å². The SMILES string of the molecule is Cc1cc(C(=O)Nc2ccccc2OC(F)(F)F)c2c(C)nn(C)c2n1. The normalized spacial score (nSPS) is 11.6. The fraction of sp³-hybridized carbons (Fsp3) is 0.235. The molecule has 1 amide bonds. The summed E-state index contributed by atoms with van der Waals surface area (Å²) in [4.78, 5) is 17.1. The average molecular weight is 364 g/mol. The zero-order chi connectivity index (χ0) is 19.1. The monoisotopic (exact) mass is 364 g/mol. The molecule has 26 heavy (non-hydrogen) atoms. The molecule has 0 aliphatic heterocycles. The van der Waals surface area contributed by atoms with E-state index in [4.69, 9.17) is 0 Å². The molecule has 0 radical (unpaired) electrons. The molecular formula is C17H15F3N4O2. The Morgan fingerprint density at radius 2 is 1.92 bits per heavy atom. The van der Waals surface area contributed by atoms with Gasteiger partial charge in [0.1, 0.15) is 0 Å². The lowest BCUT2D eigenvalue weighted by molar-refractivity contribution is -0.274. The molecule has 2 heterocycles. The van der Waals surface area contributed by atoms with Gasteiger partial charge in [0.2, 0.25) is 0 Å². The Balaban J connectivity index is 2.01. The van der Waals surface area contributed by atoms with E-state index in [2.05, 4.69) is 20.1 Å². The lowest BCUT2D eigenvalue weighted by atomic mass is 10.1. The van der Waals surface area contributed by atoms with Crippen LogP contribution in [0.5, 0.6) is 5.75 Å². The molecule has 0 saturated carbocycles. The Hall–Kier alpha value is -3.10. The Bertz CT molecular complexity index is 996. The van der Waals surface area contributed by atoms with Crippen molar-refractivity contribution in [1.29, 1.82) is 0 Å².